The van der Waals surface area contributed by atoms with E-state index in [9.17, 15) is 4.79 Å². The molecule has 1 aromatic heterocycles. The van der Waals surface area contributed by atoms with E-state index in [-0.39, 0.29) is 5.91 Å². The van der Waals surface area contributed by atoms with Gasteiger partial charge in [0.2, 0.25) is 0 Å². The Morgan fingerprint density at radius 2 is 1.74 bits per heavy atom. The van der Waals surface area contributed by atoms with Gasteiger partial charge in [-0.1, -0.05) is 23.2 Å². The number of hydrogen-bond donors (Lipinski definition) is 0. The summed E-state index contributed by atoms with van der Waals surface area (Å²) in [5, 5.41) is 1.75. The molecule has 8 heteroatoms. The molecule has 2 heterocycles. The van der Waals surface area contributed by atoms with Crippen LogP contribution >= 0.6 is 23.2 Å². The van der Waals surface area contributed by atoms with Crippen molar-refractivity contribution in [3.63, 3.8) is 0 Å². The molecule has 0 saturated carbocycles. The summed E-state index contributed by atoms with van der Waals surface area (Å²) in [4.78, 5) is 21.7. The van der Waals surface area contributed by atoms with Gasteiger partial charge in [-0.2, -0.15) is 0 Å². The molecule has 162 valence electrons. The zero-order chi connectivity index (χ0) is 22.0. The lowest BCUT2D eigenvalue weighted by molar-refractivity contribution is 0.0627. The zero-order valence-corrected chi connectivity index (χ0v) is 18.9. The van der Waals surface area contributed by atoms with Crippen LogP contribution in [0.2, 0.25) is 10.0 Å². The zero-order valence-electron chi connectivity index (χ0n) is 17.4. The Morgan fingerprint density at radius 3 is 2.42 bits per heavy atom. The summed E-state index contributed by atoms with van der Waals surface area (Å²) in [5.41, 5.74) is 2.35. The largest absolute Gasteiger partial charge is 0.497 e. The summed E-state index contributed by atoms with van der Waals surface area (Å²) in [6.07, 6.45) is 0. The summed E-state index contributed by atoms with van der Waals surface area (Å²) >= 11 is 12.0. The number of nitrogens with zero attached hydrogens (tertiary/aromatic N) is 3. The third kappa shape index (κ3) is 4.71. The molecule has 0 atom stereocenters. The van der Waals surface area contributed by atoms with Gasteiger partial charge in [0.1, 0.15) is 11.5 Å². The van der Waals surface area contributed by atoms with Gasteiger partial charge in [-0.15, -0.1) is 0 Å². The number of fused-ring (bicyclic) bond motifs is 1. The Balaban J connectivity index is 1.43. The number of benzene rings is 2. The highest BCUT2D eigenvalue weighted by molar-refractivity contribution is 6.42. The molecule has 6 nitrogen and oxygen atoms in total. The molecular weight excluding hydrogens is 437 g/mol. The van der Waals surface area contributed by atoms with Crippen molar-refractivity contribution in [1.29, 1.82) is 0 Å². The first-order chi connectivity index (χ1) is 15.0. The van der Waals surface area contributed by atoms with E-state index < -0.39 is 0 Å². The molecule has 1 aliphatic rings. The van der Waals surface area contributed by atoms with Crippen LogP contribution in [0, 0.1) is 0 Å². The van der Waals surface area contributed by atoms with E-state index in [0.717, 1.165) is 41.2 Å². The molecule has 0 spiro atoms. The van der Waals surface area contributed by atoms with Crippen molar-refractivity contribution in [3.05, 3.63) is 63.8 Å². The third-order valence-corrected chi connectivity index (χ3v) is 6.20. The molecule has 0 N–H and O–H groups in total. The lowest BCUT2D eigenvalue weighted by Gasteiger charge is -2.34. The maximum atomic E-state index is 12.8. The number of aromatic nitrogens is 1. The smallest absolute Gasteiger partial charge is 0.253 e. The van der Waals surface area contributed by atoms with E-state index in [1.165, 1.54) is 0 Å². The van der Waals surface area contributed by atoms with Crippen molar-refractivity contribution < 1.29 is 14.3 Å². The molecule has 1 aliphatic heterocycles. The van der Waals surface area contributed by atoms with Gasteiger partial charge >= 0.3 is 0 Å². The van der Waals surface area contributed by atoms with Crippen molar-refractivity contribution in [2.75, 3.05) is 40.4 Å². The molecule has 1 amide bonds. The normalized spacial score (nSPS) is 14.6. The average Bonchev–Trinajstić information content (AvgIpc) is 2.80. The van der Waals surface area contributed by atoms with Crippen molar-refractivity contribution in [2.24, 2.45) is 0 Å². The van der Waals surface area contributed by atoms with Crippen LogP contribution in [0.1, 0.15) is 16.1 Å². The highest BCUT2D eigenvalue weighted by Crippen LogP contribution is 2.29. The van der Waals surface area contributed by atoms with Gasteiger partial charge in [0.05, 0.1) is 35.5 Å². The molecule has 1 saturated heterocycles. The van der Waals surface area contributed by atoms with Crippen LogP contribution in [0.5, 0.6) is 11.5 Å². The maximum Gasteiger partial charge on any atom is 0.253 e. The number of amides is 1. The molecular formula is C23H23Cl2N3O3. The quantitative estimate of drug-likeness (QED) is 0.561. The van der Waals surface area contributed by atoms with Gasteiger partial charge in [-0.25, -0.2) is 0 Å². The fourth-order valence-corrected chi connectivity index (χ4v) is 4.05. The van der Waals surface area contributed by atoms with E-state index in [1.54, 1.807) is 32.4 Å². The van der Waals surface area contributed by atoms with Crippen LogP contribution in [-0.2, 0) is 6.54 Å². The molecule has 0 unspecified atom stereocenters. The minimum Gasteiger partial charge on any atom is -0.497 e. The Kier molecular flexibility index (Phi) is 6.51. The lowest BCUT2D eigenvalue weighted by atomic mass is 10.1. The first-order valence-electron chi connectivity index (χ1n) is 9.97. The van der Waals surface area contributed by atoms with Crippen LogP contribution in [0.15, 0.2) is 42.5 Å². The predicted molar refractivity (Wildman–Crippen MR) is 122 cm³/mol. The molecule has 0 bridgehead atoms. The molecule has 0 radical (unpaired) electrons. The van der Waals surface area contributed by atoms with Crippen LogP contribution in [0.4, 0.5) is 0 Å². The highest BCUT2D eigenvalue weighted by Gasteiger charge is 2.23. The minimum atomic E-state index is -0.0299. The van der Waals surface area contributed by atoms with Crippen molar-refractivity contribution >= 4 is 40.0 Å². The summed E-state index contributed by atoms with van der Waals surface area (Å²) < 4.78 is 10.9. The molecule has 0 aliphatic carbocycles. The summed E-state index contributed by atoms with van der Waals surface area (Å²) in [5.74, 6) is 1.51. The summed E-state index contributed by atoms with van der Waals surface area (Å²) in [6, 6.07) is 12.7. The molecule has 1 fully saturated rings. The number of rotatable bonds is 5. The molecule has 31 heavy (non-hydrogen) atoms. The Bertz CT molecular complexity index is 1110. The van der Waals surface area contributed by atoms with Crippen LogP contribution in [0.25, 0.3) is 10.9 Å². The minimum absolute atomic E-state index is 0.0299. The Hall–Kier alpha value is -2.54. The van der Waals surface area contributed by atoms with Crippen molar-refractivity contribution in [1.82, 2.24) is 14.8 Å². The molecule has 4 rings (SSSR count). The van der Waals surface area contributed by atoms with Gasteiger partial charge in [0.15, 0.2) is 0 Å². The van der Waals surface area contributed by atoms with Crippen LogP contribution in [-0.4, -0.2) is 61.1 Å². The summed E-state index contributed by atoms with van der Waals surface area (Å²) in [7, 11) is 3.30. The topological polar surface area (TPSA) is 54.9 Å². The monoisotopic (exact) mass is 459 g/mol. The van der Waals surface area contributed by atoms with Gasteiger partial charge in [0, 0.05) is 49.7 Å². The van der Waals surface area contributed by atoms with Crippen molar-refractivity contribution in [3.8, 4) is 11.5 Å². The van der Waals surface area contributed by atoms with Crippen LogP contribution in [0.3, 0.4) is 0 Å². The Labute approximate surface area is 191 Å². The second-order valence-electron chi connectivity index (χ2n) is 7.40. The average molecular weight is 460 g/mol. The fourth-order valence-electron chi connectivity index (χ4n) is 3.75. The van der Waals surface area contributed by atoms with Gasteiger partial charge < -0.3 is 14.4 Å². The van der Waals surface area contributed by atoms with E-state index in [1.807, 2.05) is 29.2 Å². The Morgan fingerprint density at radius 1 is 0.968 bits per heavy atom. The first kappa shape index (κ1) is 21.7. The SMILES string of the molecule is COc1ccc2nc(CN3CCN(C(=O)c4ccc(Cl)c(Cl)c4)CC3)cc(OC)c2c1. The standard InChI is InChI=1S/C23H23Cl2N3O3/c1-30-17-4-6-21-18(13-17)22(31-2)12-16(26-21)14-27-7-9-28(10-8-27)23(29)15-3-5-19(24)20(25)11-15/h3-6,11-13H,7-10,14H2,1-2H3. The summed E-state index contributed by atoms with van der Waals surface area (Å²) in [6.45, 7) is 3.49. The second kappa shape index (κ2) is 9.30. The highest BCUT2D eigenvalue weighted by atomic mass is 35.5. The second-order valence-corrected chi connectivity index (χ2v) is 8.21. The number of carbonyl (C=O) groups excluding carboxylic acids is 1. The van der Waals surface area contributed by atoms with Crippen molar-refractivity contribution in [2.45, 2.75) is 6.54 Å². The number of halogens is 2. The number of carbonyl (C=O) groups is 1. The first-order valence-corrected chi connectivity index (χ1v) is 10.7. The number of hydrogen-bond acceptors (Lipinski definition) is 5. The predicted octanol–water partition coefficient (Wildman–Crippen LogP) is 4.52. The fraction of sp³-hybridized carbons (Fsp3) is 0.304. The van der Waals surface area contributed by atoms with E-state index >= 15 is 0 Å². The van der Waals surface area contributed by atoms with Gasteiger partial charge in [-0.3, -0.25) is 14.7 Å². The number of pyridine rings is 1. The lowest BCUT2D eigenvalue weighted by Crippen LogP contribution is -2.48. The van der Waals surface area contributed by atoms with Gasteiger partial charge in [0.25, 0.3) is 5.91 Å². The third-order valence-electron chi connectivity index (χ3n) is 5.46. The number of piperazine rings is 1. The van der Waals surface area contributed by atoms with E-state index in [0.29, 0.717) is 35.2 Å². The van der Waals surface area contributed by atoms with E-state index in [2.05, 4.69) is 4.90 Å². The number of methoxy groups -OCH3 is 2. The molecule has 2 aromatic carbocycles. The van der Waals surface area contributed by atoms with Gasteiger partial charge in [-0.05, 0) is 36.4 Å². The number of ether oxygens (including phenoxy) is 2. The molecule has 3 aromatic rings. The van der Waals surface area contributed by atoms with E-state index in [4.69, 9.17) is 37.7 Å². The van der Waals surface area contributed by atoms with Crippen LogP contribution < -0.4 is 9.47 Å². The maximum absolute atomic E-state index is 12.8.